The number of anilines is 2. The van der Waals surface area contributed by atoms with E-state index in [0.717, 1.165) is 5.56 Å². The third-order valence-electron chi connectivity index (χ3n) is 3.03. The lowest BCUT2D eigenvalue weighted by molar-refractivity contribution is 0.423. The van der Waals surface area contributed by atoms with Gasteiger partial charge in [0, 0.05) is 11.8 Å². The van der Waals surface area contributed by atoms with Gasteiger partial charge in [-0.2, -0.15) is 0 Å². The molecule has 0 radical (unpaired) electrons. The quantitative estimate of drug-likeness (QED) is 0.824. The van der Waals surface area contributed by atoms with Gasteiger partial charge in [-0.05, 0) is 36.1 Å². The zero-order chi connectivity index (χ0) is 14.8. The van der Waals surface area contributed by atoms with E-state index in [9.17, 15) is 8.42 Å². The number of rotatable bonds is 5. The van der Waals surface area contributed by atoms with Crippen molar-refractivity contribution < 1.29 is 12.9 Å². The Labute approximate surface area is 118 Å². The van der Waals surface area contributed by atoms with E-state index in [1.54, 1.807) is 6.07 Å². The van der Waals surface area contributed by atoms with E-state index in [2.05, 4.69) is 14.4 Å². The number of benzene rings is 1. The van der Waals surface area contributed by atoms with Gasteiger partial charge < -0.3 is 10.3 Å². The monoisotopic (exact) mass is 295 g/mol. The smallest absolute Gasteiger partial charge is 0.263 e. The molecule has 0 fully saturated rings. The number of aromatic nitrogens is 1. The molecule has 0 aliphatic rings. The Bertz CT molecular complexity index is 694. The second kappa shape index (κ2) is 5.54. The van der Waals surface area contributed by atoms with Crippen molar-refractivity contribution in [1.82, 2.24) is 5.16 Å². The van der Waals surface area contributed by atoms with E-state index >= 15 is 0 Å². The summed E-state index contributed by atoms with van der Waals surface area (Å²) in [5, 5.41) is 3.55. The van der Waals surface area contributed by atoms with E-state index in [-0.39, 0.29) is 10.7 Å². The predicted molar refractivity (Wildman–Crippen MR) is 76.9 cm³/mol. The van der Waals surface area contributed by atoms with Gasteiger partial charge in [0.15, 0.2) is 5.82 Å². The fourth-order valence-corrected chi connectivity index (χ4v) is 3.39. The van der Waals surface area contributed by atoms with Crippen molar-refractivity contribution in [2.45, 2.75) is 31.6 Å². The highest BCUT2D eigenvalue weighted by Crippen LogP contribution is 2.26. The predicted octanol–water partition coefficient (Wildman–Crippen LogP) is 2.18. The molecule has 1 aromatic heterocycles. The molecule has 0 amide bonds. The van der Waals surface area contributed by atoms with Crippen molar-refractivity contribution in [2.75, 3.05) is 10.5 Å². The number of aryl methyl sites for hydroxylation is 1. The number of nitrogens with zero attached hydrogens (tertiary/aromatic N) is 1. The van der Waals surface area contributed by atoms with Gasteiger partial charge >= 0.3 is 0 Å². The lowest BCUT2D eigenvalue weighted by Gasteiger charge is -2.14. The minimum Gasteiger partial charge on any atom is -0.398 e. The molecule has 2 aromatic rings. The average molecular weight is 295 g/mol. The maximum Gasteiger partial charge on any atom is 0.263 e. The summed E-state index contributed by atoms with van der Waals surface area (Å²) < 4.78 is 31.9. The lowest BCUT2D eigenvalue weighted by atomic mass is 10.1. The molecule has 1 heterocycles. The standard InChI is InChI=1S/C13H17N3O3S/c1-3-9-7-11(14)10(4-2)12(8-9)20(17,18)16-13-5-6-19-15-13/h5-8H,3-4,14H2,1-2H3,(H,15,16). The first-order valence-electron chi connectivity index (χ1n) is 6.32. The Hall–Kier alpha value is -2.02. The molecular formula is C13H17N3O3S. The van der Waals surface area contributed by atoms with Crippen LogP contribution in [-0.2, 0) is 22.9 Å². The number of hydrogen-bond acceptors (Lipinski definition) is 5. The Morgan fingerprint density at radius 3 is 2.60 bits per heavy atom. The van der Waals surface area contributed by atoms with Crippen LogP contribution in [0.1, 0.15) is 25.0 Å². The number of nitrogen functional groups attached to an aromatic ring is 1. The van der Waals surface area contributed by atoms with Crippen molar-refractivity contribution in [1.29, 1.82) is 0 Å². The summed E-state index contributed by atoms with van der Waals surface area (Å²) in [6.07, 6.45) is 2.54. The molecule has 0 saturated carbocycles. The van der Waals surface area contributed by atoms with Crippen LogP contribution in [0.25, 0.3) is 0 Å². The fraction of sp³-hybridized carbons (Fsp3) is 0.308. The molecule has 108 valence electrons. The van der Waals surface area contributed by atoms with E-state index in [1.807, 2.05) is 19.9 Å². The molecule has 0 saturated heterocycles. The third kappa shape index (κ3) is 2.77. The molecule has 2 rings (SSSR count). The second-order valence-electron chi connectivity index (χ2n) is 4.36. The third-order valence-corrected chi connectivity index (χ3v) is 4.45. The molecule has 0 aliphatic heterocycles. The Balaban J connectivity index is 2.52. The Morgan fingerprint density at radius 1 is 1.30 bits per heavy atom. The summed E-state index contributed by atoms with van der Waals surface area (Å²) in [5.74, 6) is 0.146. The maximum absolute atomic E-state index is 12.5. The minimum absolute atomic E-state index is 0.146. The molecule has 3 N–H and O–H groups in total. The van der Waals surface area contributed by atoms with Crippen LogP contribution in [-0.4, -0.2) is 13.6 Å². The van der Waals surface area contributed by atoms with Crippen molar-refractivity contribution >= 4 is 21.5 Å². The molecule has 7 heteroatoms. The highest BCUT2D eigenvalue weighted by Gasteiger charge is 2.21. The SMILES string of the molecule is CCc1cc(N)c(CC)c(S(=O)(=O)Nc2ccon2)c1. The van der Waals surface area contributed by atoms with Crippen molar-refractivity contribution in [3.05, 3.63) is 35.6 Å². The van der Waals surface area contributed by atoms with Gasteiger partial charge in [-0.1, -0.05) is 19.0 Å². The molecule has 6 nitrogen and oxygen atoms in total. The molecular weight excluding hydrogens is 278 g/mol. The highest BCUT2D eigenvalue weighted by atomic mass is 32.2. The lowest BCUT2D eigenvalue weighted by Crippen LogP contribution is -2.16. The maximum atomic E-state index is 12.5. The van der Waals surface area contributed by atoms with Gasteiger partial charge in [0.05, 0.1) is 4.90 Å². The summed E-state index contributed by atoms with van der Waals surface area (Å²) in [6.45, 7) is 3.81. The fourth-order valence-electron chi connectivity index (χ4n) is 2.01. The van der Waals surface area contributed by atoms with Gasteiger partial charge in [-0.25, -0.2) is 8.42 Å². The van der Waals surface area contributed by atoms with Crippen LogP contribution in [0.2, 0.25) is 0 Å². The Morgan fingerprint density at radius 2 is 2.05 bits per heavy atom. The van der Waals surface area contributed by atoms with Gasteiger partial charge in [0.2, 0.25) is 0 Å². The molecule has 0 aliphatic carbocycles. The first-order valence-corrected chi connectivity index (χ1v) is 7.80. The van der Waals surface area contributed by atoms with Crippen LogP contribution >= 0.6 is 0 Å². The van der Waals surface area contributed by atoms with Gasteiger partial charge in [-0.3, -0.25) is 4.72 Å². The van der Waals surface area contributed by atoms with Crippen LogP contribution in [0.3, 0.4) is 0 Å². The highest BCUT2D eigenvalue weighted by molar-refractivity contribution is 7.92. The first-order chi connectivity index (χ1) is 9.47. The molecule has 0 bridgehead atoms. The van der Waals surface area contributed by atoms with Crippen LogP contribution in [0.5, 0.6) is 0 Å². The summed E-state index contributed by atoms with van der Waals surface area (Å²) in [4.78, 5) is 0.194. The van der Waals surface area contributed by atoms with Crippen molar-refractivity contribution in [3.63, 3.8) is 0 Å². The van der Waals surface area contributed by atoms with Crippen molar-refractivity contribution in [3.8, 4) is 0 Å². The number of sulfonamides is 1. The molecule has 0 unspecified atom stereocenters. The number of nitrogens with two attached hydrogens (primary N) is 1. The number of nitrogens with one attached hydrogen (secondary N) is 1. The summed E-state index contributed by atoms with van der Waals surface area (Å²) in [6, 6.07) is 4.90. The molecule has 20 heavy (non-hydrogen) atoms. The van der Waals surface area contributed by atoms with E-state index in [4.69, 9.17) is 5.73 Å². The average Bonchev–Trinajstić information content (AvgIpc) is 2.89. The zero-order valence-corrected chi connectivity index (χ0v) is 12.2. The van der Waals surface area contributed by atoms with Crippen LogP contribution in [0.15, 0.2) is 33.9 Å². The van der Waals surface area contributed by atoms with Crippen LogP contribution < -0.4 is 10.5 Å². The molecule has 0 atom stereocenters. The van der Waals surface area contributed by atoms with E-state index in [1.165, 1.54) is 12.3 Å². The van der Waals surface area contributed by atoms with Gasteiger partial charge in [0.25, 0.3) is 10.0 Å². The topological polar surface area (TPSA) is 98.2 Å². The van der Waals surface area contributed by atoms with Crippen LogP contribution in [0.4, 0.5) is 11.5 Å². The molecule has 1 aromatic carbocycles. The zero-order valence-electron chi connectivity index (χ0n) is 11.4. The van der Waals surface area contributed by atoms with Gasteiger partial charge in [0.1, 0.15) is 6.26 Å². The number of hydrogen-bond donors (Lipinski definition) is 2. The normalized spacial score (nSPS) is 11.5. The van der Waals surface area contributed by atoms with E-state index in [0.29, 0.717) is 24.1 Å². The summed E-state index contributed by atoms with van der Waals surface area (Å²) in [5.41, 5.74) is 7.93. The summed E-state index contributed by atoms with van der Waals surface area (Å²) >= 11 is 0. The Kier molecular flexibility index (Phi) is 3.99. The summed E-state index contributed by atoms with van der Waals surface area (Å²) in [7, 11) is -3.73. The van der Waals surface area contributed by atoms with E-state index < -0.39 is 10.0 Å². The first kappa shape index (κ1) is 14.4. The van der Waals surface area contributed by atoms with Crippen molar-refractivity contribution in [2.24, 2.45) is 0 Å². The molecule has 0 spiro atoms. The minimum atomic E-state index is -3.73. The van der Waals surface area contributed by atoms with Crippen LogP contribution in [0, 0.1) is 0 Å². The second-order valence-corrected chi connectivity index (χ2v) is 6.01. The largest absolute Gasteiger partial charge is 0.398 e. The van der Waals surface area contributed by atoms with Gasteiger partial charge in [-0.15, -0.1) is 0 Å².